The molecule has 1 nitrogen and oxygen atoms in total. The van der Waals surface area contributed by atoms with Gasteiger partial charge in [-0.25, -0.2) is 0 Å². The molecule has 2 aliphatic rings. The minimum Gasteiger partial charge on any atom is -0.496 e. The Hall–Kier alpha value is -1.80. The van der Waals surface area contributed by atoms with Gasteiger partial charge in [-0.1, -0.05) is 64.5 Å². The van der Waals surface area contributed by atoms with E-state index in [1.807, 2.05) is 0 Å². The molecule has 0 amide bonds. The van der Waals surface area contributed by atoms with Crippen LogP contribution in [0.4, 0.5) is 0 Å². The molecule has 0 unspecified atom stereocenters. The van der Waals surface area contributed by atoms with Gasteiger partial charge in [0, 0.05) is 15.6 Å². The summed E-state index contributed by atoms with van der Waals surface area (Å²) in [7, 11) is 1.71. The molecule has 4 bridgehead atoms. The number of hydrogen-bond donors (Lipinski definition) is 0. The van der Waals surface area contributed by atoms with Crippen molar-refractivity contribution in [3.63, 3.8) is 0 Å². The van der Waals surface area contributed by atoms with Crippen LogP contribution in [0.2, 0.25) is 0 Å². The Kier molecular flexibility index (Phi) is 3.26. The van der Waals surface area contributed by atoms with Crippen LogP contribution in [0.5, 0.6) is 5.75 Å². The maximum atomic E-state index is 5.55. The molecule has 0 saturated carbocycles. The van der Waals surface area contributed by atoms with Crippen LogP contribution >= 0.6 is 15.9 Å². The fourth-order valence-electron chi connectivity index (χ4n) is 2.21. The summed E-state index contributed by atoms with van der Waals surface area (Å²) in [5.41, 5.74) is 4.51. The van der Waals surface area contributed by atoms with Crippen LogP contribution in [-0.4, -0.2) is 7.11 Å². The zero-order valence-electron chi connectivity index (χ0n) is 10.6. The van der Waals surface area contributed by atoms with Crippen molar-refractivity contribution in [3.8, 4) is 5.75 Å². The van der Waals surface area contributed by atoms with Crippen molar-refractivity contribution in [3.05, 3.63) is 63.1 Å². The molecule has 0 aliphatic heterocycles. The molecule has 0 heterocycles. The lowest BCUT2D eigenvalue weighted by molar-refractivity contribution is 0.413. The summed E-state index contributed by atoms with van der Waals surface area (Å²) < 4.78 is 6.61. The van der Waals surface area contributed by atoms with Gasteiger partial charge in [0.25, 0.3) is 0 Å². The first-order valence-electron chi connectivity index (χ1n) is 6.10. The summed E-state index contributed by atoms with van der Waals surface area (Å²) >= 11 is 3.55. The van der Waals surface area contributed by atoms with E-state index in [-0.39, 0.29) is 0 Å². The molecule has 2 aromatic rings. The Morgan fingerprint density at radius 3 is 1.68 bits per heavy atom. The Morgan fingerprint density at radius 2 is 1.26 bits per heavy atom. The number of benzene rings is 2. The minimum atomic E-state index is 0.901. The lowest BCUT2D eigenvalue weighted by atomic mass is 10.1. The van der Waals surface area contributed by atoms with Crippen LogP contribution < -0.4 is 4.74 Å². The summed E-state index contributed by atoms with van der Waals surface area (Å²) in [6.45, 7) is 0. The van der Waals surface area contributed by atoms with Gasteiger partial charge < -0.3 is 4.74 Å². The highest BCUT2D eigenvalue weighted by Crippen LogP contribution is 2.32. The molecule has 2 aromatic carbocycles. The van der Waals surface area contributed by atoms with Crippen LogP contribution in [0.25, 0.3) is 24.3 Å². The number of hydrogen-bond acceptors (Lipinski definition) is 1. The number of halogens is 1. The molecular weight excluding hydrogens is 300 g/mol. The molecule has 4 rings (SSSR count). The number of rotatable bonds is 1. The second kappa shape index (κ2) is 5.06. The lowest BCUT2D eigenvalue weighted by Crippen LogP contribution is -1.91. The maximum absolute atomic E-state index is 5.55. The van der Waals surface area contributed by atoms with Gasteiger partial charge in [-0.05, 0) is 23.3 Å². The molecule has 0 fully saturated rings. The van der Waals surface area contributed by atoms with E-state index >= 15 is 0 Å². The van der Waals surface area contributed by atoms with Crippen LogP contribution in [0.1, 0.15) is 22.3 Å². The highest BCUT2D eigenvalue weighted by atomic mass is 79.9. The average molecular weight is 313 g/mol. The Morgan fingerprint density at radius 1 is 0.789 bits per heavy atom. The van der Waals surface area contributed by atoms with Gasteiger partial charge >= 0.3 is 0 Å². The SMILES string of the molecule is COc1c2cc(Br)cc1/C=C/c1ccc(cc1)/C=C/2. The number of ether oxygens (including phenoxy) is 1. The maximum Gasteiger partial charge on any atom is 0.133 e. The molecule has 19 heavy (non-hydrogen) atoms. The Balaban J connectivity index is 2.28. The zero-order valence-corrected chi connectivity index (χ0v) is 12.1. The molecule has 0 saturated heterocycles. The summed E-state index contributed by atoms with van der Waals surface area (Å²) in [5, 5.41) is 0. The normalized spacial score (nSPS) is 15.7. The van der Waals surface area contributed by atoms with Gasteiger partial charge in [-0.15, -0.1) is 0 Å². The van der Waals surface area contributed by atoms with Crippen LogP contribution in [0.3, 0.4) is 0 Å². The third kappa shape index (κ3) is 2.49. The van der Waals surface area contributed by atoms with Gasteiger partial charge in [0.05, 0.1) is 7.11 Å². The number of fused-ring (bicyclic) bond motifs is 2. The average Bonchev–Trinajstić information content (AvgIpc) is 2.45. The molecule has 2 heteroatoms. The molecule has 0 spiro atoms. The molecular formula is C17H13BrO. The molecule has 0 aromatic heterocycles. The molecule has 0 atom stereocenters. The quantitative estimate of drug-likeness (QED) is 0.606. The fraction of sp³-hybridized carbons (Fsp3) is 0.0588. The van der Waals surface area contributed by atoms with E-state index in [9.17, 15) is 0 Å². The largest absolute Gasteiger partial charge is 0.496 e. The van der Waals surface area contributed by atoms with E-state index in [2.05, 4.69) is 76.6 Å². The second-order valence-corrected chi connectivity index (χ2v) is 5.37. The van der Waals surface area contributed by atoms with Gasteiger partial charge in [-0.3, -0.25) is 0 Å². The van der Waals surface area contributed by atoms with Gasteiger partial charge in [-0.2, -0.15) is 0 Å². The Labute approximate surface area is 121 Å². The summed E-state index contributed by atoms with van der Waals surface area (Å²) in [4.78, 5) is 0. The van der Waals surface area contributed by atoms with Crippen molar-refractivity contribution in [1.82, 2.24) is 0 Å². The predicted molar refractivity (Wildman–Crippen MR) is 85.0 cm³/mol. The molecule has 2 aliphatic carbocycles. The standard InChI is InChI=1S/C17H13BrO/c1-19-17-14-8-6-12-2-3-13(5-4-12)7-9-15(17)11-16(18)10-14/h2-11H,1H3/b8-6+,9-7+. The smallest absolute Gasteiger partial charge is 0.133 e. The lowest BCUT2D eigenvalue weighted by Gasteiger charge is -2.09. The van der Waals surface area contributed by atoms with Crippen molar-refractivity contribution in [2.75, 3.05) is 7.11 Å². The Bertz CT molecular complexity index is 612. The fourth-order valence-corrected chi connectivity index (χ4v) is 2.70. The van der Waals surface area contributed by atoms with E-state index in [1.165, 1.54) is 11.1 Å². The first-order valence-corrected chi connectivity index (χ1v) is 6.89. The second-order valence-electron chi connectivity index (χ2n) is 4.45. The molecule has 0 radical (unpaired) electrons. The van der Waals surface area contributed by atoms with Crippen molar-refractivity contribution < 1.29 is 4.74 Å². The van der Waals surface area contributed by atoms with E-state index in [0.717, 1.165) is 21.3 Å². The van der Waals surface area contributed by atoms with E-state index < -0.39 is 0 Å². The van der Waals surface area contributed by atoms with E-state index in [1.54, 1.807) is 7.11 Å². The van der Waals surface area contributed by atoms with Gasteiger partial charge in [0.1, 0.15) is 5.75 Å². The zero-order chi connectivity index (χ0) is 13.2. The van der Waals surface area contributed by atoms with E-state index in [0.29, 0.717) is 0 Å². The van der Waals surface area contributed by atoms with Crippen molar-refractivity contribution in [1.29, 1.82) is 0 Å². The summed E-state index contributed by atoms with van der Waals surface area (Å²) in [6, 6.07) is 12.6. The van der Waals surface area contributed by atoms with Crippen LogP contribution in [0.15, 0.2) is 40.9 Å². The van der Waals surface area contributed by atoms with Crippen LogP contribution in [0, 0.1) is 0 Å². The van der Waals surface area contributed by atoms with Crippen molar-refractivity contribution in [2.24, 2.45) is 0 Å². The van der Waals surface area contributed by atoms with Crippen molar-refractivity contribution in [2.45, 2.75) is 0 Å². The third-order valence-corrected chi connectivity index (χ3v) is 3.62. The minimum absolute atomic E-state index is 0.901. The van der Waals surface area contributed by atoms with Gasteiger partial charge in [0.15, 0.2) is 0 Å². The third-order valence-electron chi connectivity index (χ3n) is 3.16. The first-order chi connectivity index (χ1) is 9.26. The highest BCUT2D eigenvalue weighted by molar-refractivity contribution is 9.10. The summed E-state index contributed by atoms with van der Waals surface area (Å²) in [6.07, 6.45) is 8.37. The summed E-state index contributed by atoms with van der Waals surface area (Å²) in [5.74, 6) is 0.901. The predicted octanol–water partition coefficient (Wildman–Crippen LogP) is 5.11. The van der Waals surface area contributed by atoms with Crippen molar-refractivity contribution >= 4 is 40.2 Å². The van der Waals surface area contributed by atoms with Gasteiger partial charge in [0.2, 0.25) is 0 Å². The topological polar surface area (TPSA) is 9.23 Å². The first kappa shape index (κ1) is 12.2. The monoisotopic (exact) mass is 312 g/mol. The highest BCUT2D eigenvalue weighted by Gasteiger charge is 2.08. The number of methoxy groups -OCH3 is 1. The van der Waals surface area contributed by atoms with Crippen LogP contribution in [-0.2, 0) is 0 Å². The molecule has 94 valence electrons. The van der Waals surface area contributed by atoms with E-state index in [4.69, 9.17) is 4.74 Å². The molecule has 0 N–H and O–H groups in total.